The first-order valence-corrected chi connectivity index (χ1v) is 7.79. The number of hydrogen-bond donors (Lipinski definition) is 1. The summed E-state index contributed by atoms with van der Waals surface area (Å²) in [6, 6.07) is 15.3. The molecule has 0 amide bonds. The lowest BCUT2D eigenvalue weighted by atomic mass is 10.0. The van der Waals surface area contributed by atoms with E-state index in [2.05, 4.69) is 5.10 Å². The summed E-state index contributed by atoms with van der Waals surface area (Å²) < 4.78 is 15.7. The maximum Gasteiger partial charge on any atom is 0.339 e. The van der Waals surface area contributed by atoms with Crippen molar-refractivity contribution >= 4 is 5.97 Å². The summed E-state index contributed by atoms with van der Waals surface area (Å²) in [5.74, 6) is -1.50. The van der Waals surface area contributed by atoms with Crippen molar-refractivity contribution in [1.82, 2.24) is 9.78 Å². The second kappa shape index (κ2) is 6.66. The van der Waals surface area contributed by atoms with Crippen molar-refractivity contribution in [3.8, 4) is 16.9 Å². The average Bonchev–Trinajstić information content (AvgIpc) is 2.96. The van der Waals surface area contributed by atoms with Crippen molar-refractivity contribution in [1.29, 1.82) is 0 Å². The number of para-hydroxylation sites is 1. The van der Waals surface area contributed by atoms with Crippen molar-refractivity contribution in [3.05, 3.63) is 71.7 Å². The van der Waals surface area contributed by atoms with Gasteiger partial charge in [-0.1, -0.05) is 55.8 Å². The van der Waals surface area contributed by atoms with Gasteiger partial charge in [-0.15, -0.1) is 0 Å². The number of rotatable bonds is 5. The van der Waals surface area contributed by atoms with E-state index in [0.717, 1.165) is 6.42 Å². The average molecular weight is 324 g/mol. The number of carboxylic acid groups (broad SMARTS) is 1. The number of aryl methyl sites for hydroxylation is 1. The van der Waals surface area contributed by atoms with E-state index in [1.807, 2.05) is 25.1 Å². The van der Waals surface area contributed by atoms with Crippen LogP contribution in [0.2, 0.25) is 0 Å². The minimum atomic E-state index is -1.06. The molecule has 0 aliphatic carbocycles. The summed E-state index contributed by atoms with van der Waals surface area (Å²) >= 11 is 0. The molecule has 0 bridgehead atoms. The summed E-state index contributed by atoms with van der Waals surface area (Å²) in [6.45, 7) is 1.95. The topological polar surface area (TPSA) is 55.1 Å². The molecule has 3 aromatic rings. The highest BCUT2D eigenvalue weighted by atomic mass is 19.1. The monoisotopic (exact) mass is 324 g/mol. The van der Waals surface area contributed by atoms with Crippen LogP contribution in [0.5, 0.6) is 0 Å². The molecule has 0 atom stereocenters. The summed E-state index contributed by atoms with van der Waals surface area (Å²) in [5.41, 5.74) is 1.92. The molecule has 1 heterocycles. The van der Waals surface area contributed by atoms with Gasteiger partial charge in [0.1, 0.15) is 17.1 Å². The third-order valence-corrected chi connectivity index (χ3v) is 3.79. The first kappa shape index (κ1) is 15.9. The Morgan fingerprint density at radius 2 is 1.79 bits per heavy atom. The fraction of sp³-hybridized carbons (Fsp3) is 0.158. The summed E-state index contributed by atoms with van der Waals surface area (Å²) in [6.07, 6.45) is 1.27. The third kappa shape index (κ3) is 2.80. The molecule has 1 N–H and O–H groups in total. The number of aromatic nitrogens is 2. The Bertz CT molecular complexity index is 872. The number of carboxylic acids is 1. The van der Waals surface area contributed by atoms with Crippen molar-refractivity contribution in [3.63, 3.8) is 0 Å². The second-order valence-electron chi connectivity index (χ2n) is 5.45. The van der Waals surface area contributed by atoms with Gasteiger partial charge in [-0.05, 0) is 18.6 Å². The van der Waals surface area contributed by atoms with Gasteiger partial charge in [0.15, 0.2) is 0 Å². The van der Waals surface area contributed by atoms with Crippen LogP contribution in [0.1, 0.15) is 29.4 Å². The Labute approximate surface area is 139 Å². The van der Waals surface area contributed by atoms with Gasteiger partial charge in [0.25, 0.3) is 0 Å². The molecule has 122 valence electrons. The van der Waals surface area contributed by atoms with E-state index in [9.17, 15) is 14.3 Å². The minimum absolute atomic E-state index is 0.131. The molecule has 4 nitrogen and oxygen atoms in total. The maximum absolute atomic E-state index is 14.3. The normalized spacial score (nSPS) is 10.8. The van der Waals surface area contributed by atoms with Crippen LogP contribution in [0.25, 0.3) is 16.9 Å². The number of carbonyl (C=O) groups is 1. The molecule has 0 unspecified atom stereocenters. The van der Waals surface area contributed by atoms with Gasteiger partial charge in [-0.3, -0.25) is 0 Å². The van der Waals surface area contributed by atoms with Crippen LogP contribution in [-0.4, -0.2) is 20.9 Å². The minimum Gasteiger partial charge on any atom is -0.478 e. The largest absolute Gasteiger partial charge is 0.478 e. The summed E-state index contributed by atoms with van der Waals surface area (Å²) in [7, 11) is 0. The van der Waals surface area contributed by atoms with Crippen LogP contribution in [0, 0.1) is 5.82 Å². The Hall–Kier alpha value is -2.95. The van der Waals surface area contributed by atoms with Gasteiger partial charge in [0.05, 0.1) is 11.4 Å². The highest BCUT2D eigenvalue weighted by Crippen LogP contribution is 2.30. The van der Waals surface area contributed by atoms with E-state index in [0.29, 0.717) is 23.4 Å². The predicted octanol–water partition coefficient (Wildman–Crippen LogP) is 4.33. The van der Waals surface area contributed by atoms with E-state index >= 15 is 0 Å². The molecule has 24 heavy (non-hydrogen) atoms. The molecule has 5 heteroatoms. The quantitative estimate of drug-likeness (QED) is 0.760. The maximum atomic E-state index is 14.3. The third-order valence-electron chi connectivity index (χ3n) is 3.79. The first-order valence-electron chi connectivity index (χ1n) is 7.79. The van der Waals surface area contributed by atoms with E-state index in [4.69, 9.17) is 0 Å². The number of benzene rings is 2. The molecule has 1 aromatic heterocycles. The van der Waals surface area contributed by atoms with Gasteiger partial charge in [0.2, 0.25) is 0 Å². The van der Waals surface area contributed by atoms with Crippen LogP contribution in [0.4, 0.5) is 4.39 Å². The molecule has 0 saturated heterocycles. The number of aromatic carboxylic acids is 1. The van der Waals surface area contributed by atoms with E-state index in [1.54, 1.807) is 30.3 Å². The van der Waals surface area contributed by atoms with Gasteiger partial charge in [-0.2, -0.15) is 5.10 Å². The van der Waals surface area contributed by atoms with Crippen molar-refractivity contribution in [2.45, 2.75) is 19.8 Å². The first-order chi connectivity index (χ1) is 11.6. The van der Waals surface area contributed by atoms with Crippen LogP contribution < -0.4 is 0 Å². The molecular formula is C19H17FN2O2. The van der Waals surface area contributed by atoms with Crippen LogP contribution in [-0.2, 0) is 6.42 Å². The molecular weight excluding hydrogens is 307 g/mol. The molecule has 0 fully saturated rings. The van der Waals surface area contributed by atoms with E-state index in [-0.39, 0.29) is 11.3 Å². The molecule has 0 spiro atoms. The van der Waals surface area contributed by atoms with E-state index in [1.165, 1.54) is 10.7 Å². The summed E-state index contributed by atoms with van der Waals surface area (Å²) in [4.78, 5) is 11.9. The number of halogens is 1. The van der Waals surface area contributed by atoms with Gasteiger partial charge in [0, 0.05) is 5.56 Å². The zero-order chi connectivity index (χ0) is 17.1. The van der Waals surface area contributed by atoms with Crippen LogP contribution in [0.3, 0.4) is 0 Å². The van der Waals surface area contributed by atoms with Gasteiger partial charge >= 0.3 is 5.97 Å². The highest BCUT2D eigenvalue weighted by Gasteiger charge is 2.25. The standard InChI is InChI=1S/C19H17FN2O2/c1-2-8-15-17(19(23)24)18(13-9-4-3-5-10-13)22(21-15)16-12-7-6-11-14(16)20/h3-7,9-12H,2,8H2,1H3,(H,23,24). The number of nitrogens with zero attached hydrogens (tertiary/aromatic N) is 2. The van der Waals surface area contributed by atoms with Gasteiger partial charge in [-0.25, -0.2) is 13.9 Å². The fourth-order valence-electron chi connectivity index (χ4n) is 2.76. The Morgan fingerprint density at radius 3 is 2.42 bits per heavy atom. The fourth-order valence-corrected chi connectivity index (χ4v) is 2.76. The molecule has 2 aromatic carbocycles. The van der Waals surface area contributed by atoms with Crippen LogP contribution >= 0.6 is 0 Å². The number of hydrogen-bond acceptors (Lipinski definition) is 2. The molecule has 3 rings (SSSR count). The Kier molecular flexibility index (Phi) is 4.42. The zero-order valence-corrected chi connectivity index (χ0v) is 13.2. The zero-order valence-electron chi connectivity index (χ0n) is 13.2. The lowest BCUT2D eigenvalue weighted by Crippen LogP contribution is -2.04. The molecule has 0 aliphatic rings. The van der Waals surface area contributed by atoms with Gasteiger partial charge < -0.3 is 5.11 Å². The molecule has 0 radical (unpaired) electrons. The lowest BCUT2D eigenvalue weighted by Gasteiger charge is -2.09. The Morgan fingerprint density at radius 1 is 1.12 bits per heavy atom. The second-order valence-corrected chi connectivity index (χ2v) is 5.45. The molecule has 0 aliphatic heterocycles. The summed E-state index contributed by atoms with van der Waals surface area (Å²) in [5, 5.41) is 14.1. The van der Waals surface area contributed by atoms with Crippen molar-refractivity contribution < 1.29 is 14.3 Å². The van der Waals surface area contributed by atoms with Crippen molar-refractivity contribution in [2.75, 3.05) is 0 Å². The smallest absolute Gasteiger partial charge is 0.339 e. The van der Waals surface area contributed by atoms with Crippen molar-refractivity contribution in [2.24, 2.45) is 0 Å². The lowest BCUT2D eigenvalue weighted by molar-refractivity contribution is 0.0696. The Balaban J connectivity index is 2.34. The highest BCUT2D eigenvalue weighted by molar-refractivity contribution is 5.96. The van der Waals surface area contributed by atoms with E-state index < -0.39 is 11.8 Å². The predicted molar refractivity (Wildman–Crippen MR) is 89.9 cm³/mol. The van der Waals surface area contributed by atoms with Crippen LogP contribution in [0.15, 0.2) is 54.6 Å². The SMILES string of the molecule is CCCc1nn(-c2ccccc2F)c(-c2ccccc2)c1C(=O)O. The molecule has 0 saturated carbocycles.